The summed E-state index contributed by atoms with van der Waals surface area (Å²) >= 11 is 7.69. The van der Waals surface area contributed by atoms with Crippen LogP contribution in [-0.2, 0) is 11.2 Å². The van der Waals surface area contributed by atoms with Gasteiger partial charge in [-0.05, 0) is 37.5 Å². The Balaban J connectivity index is 1.48. The number of benzene rings is 2. The van der Waals surface area contributed by atoms with Gasteiger partial charge in [-0.15, -0.1) is 11.3 Å². The van der Waals surface area contributed by atoms with Crippen molar-refractivity contribution in [2.45, 2.75) is 19.8 Å². The van der Waals surface area contributed by atoms with E-state index < -0.39 is 0 Å². The first-order valence-corrected chi connectivity index (χ1v) is 10.1. The van der Waals surface area contributed by atoms with Crippen molar-refractivity contribution in [2.75, 3.05) is 18.0 Å². The number of nitrogens with zero attached hydrogens (tertiary/aromatic N) is 1. The van der Waals surface area contributed by atoms with Crippen LogP contribution < -0.4 is 10.2 Å². The molecule has 27 heavy (non-hydrogen) atoms. The summed E-state index contributed by atoms with van der Waals surface area (Å²) in [4.78, 5) is 27.5. The molecular weight excluding hydrogens is 380 g/mol. The first kappa shape index (κ1) is 18.0. The van der Waals surface area contributed by atoms with Crippen LogP contribution in [0.4, 0.5) is 5.69 Å². The number of amides is 2. The number of halogens is 1. The number of carbonyl (C=O) groups excluding carboxylic acids is 2. The van der Waals surface area contributed by atoms with E-state index in [-0.39, 0.29) is 18.4 Å². The zero-order valence-corrected chi connectivity index (χ0v) is 16.5. The molecule has 0 atom stereocenters. The van der Waals surface area contributed by atoms with Gasteiger partial charge in [0.1, 0.15) is 4.88 Å². The summed E-state index contributed by atoms with van der Waals surface area (Å²) in [6, 6.07) is 13.8. The number of thiophene rings is 1. The maximum Gasteiger partial charge on any atom is 0.263 e. The van der Waals surface area contributed by atoms with Crippen LogP contribution in [0, 0.1) is 6.92 Å². The Morgan fingerprint density at radius 1 is 1.22 bits per heavy atom. The third-order valence-electron chi connectivity index (χ3n) is 4.80. The Morgan fingerprint density at radius 2 is 2.04 bits per heavy atom. The molecule has 1 aromatic heterocycles. The topological polar surface area (TPSA) is 49.4 Å². The van der Waals surface area contributed by atoms with E-state index in [1.165, 1.54) is 22.5 Å². The van der Waals surface area contributed by atoms with Gasteiger partial charge in [-0.25, -0.2) is 0 Å². The highest BCUT2D eigenvalue weighted by molar-refractivity contribution is 7.21. The fourth-order valence-corrected chi connectivity index (χ4v) is 4.91. The Labute approximate surface area is 166 Å². The molecule has 4 rings (SSSR count). The molecule has 0 spiro atoms. The Hall–Kier alpha value is -2.37. The van der Waals surface area contributed by atoms with Crippen LogP contribution in [-0.4, -0.2) is 24.9 Å². The fraction of sp³-hybridized carbons (Fsp3) is 0.238. The molecule has 6 heteroatoms. The van der Waals surface area contributed by atoms with E-state index >= 15 is 0 Å². The minimum absolute atomic E-state index is 0.0449. The average molecular weight is 399 g/mol. The molecule has 0 fully saturated rings. The maximum atomic E-state index is 12.7. The third kappa shape index (κ3) is 3.45. The number of rotatable bonds is 3. The zero-order chi connectivity index (χ0) is 19.0. The molecule has 0 saturated carbocycles. The van der Waals surface area contributed by atoms with Gasteiger partial charge in [0.15, 0.2) is 0 Å². The molecule has 0 saturated heterocycles. The van der Waals surface area contributed by atoms with Gasteiger partial charge < -0.3 is 10.2 Å². The molecule has 0 aliphatic carbocycles. The molecule has 2 aromatic carbocycles. The van der Waals surface area contributed by atoms with Gasteiger partial charge in [0, 0.05) is 22.3 Å². The standard InChI is InChI=1S/C21H19ClN2O2S/c1-13-8-9-16-14(11-13)5-4-10-24(16)18(25)12-23-21(26)20-19(22)15-6-2-3-7-17(15)27-20/h2-3,6-9,11H,4-5,10,12H2,1H3,(H,23,26). The van der Waals surface area contributed by atoms with Crippen LogP contribution in [0.15, 0.2) is 42.5 Å². The number of fused-ring (bicyclic) bond motifs is 2. The lowest BCUT2D eigenvalue weighted by atomic mass is 9.99. The highest BCUT2D eigenvalue weighted by atomic mass is 35.5. The van der Waals surface area contributed by atoms with Crippen LogP contribution >= 0.6 is 22.9 Å². The van der Waals surface area contributed by atoms with Crippen LogP contribution in [0.3, 0.4) is 0 Å². The Morgan fingerprint density at radius 3 is 2.85 bits per heavy atom. The van der Waals surface area contributed by atoms with Gasteiger partial charge in [-0.1, -0.05) is 47.5 Å². The molecule has 0 unspecified atom stereocenters. The molecule has 1 aliphatic heterocycles. The normalized spacial score (nSPS) is 13.5. The predicted octanol–water partition coefficient (Wildman–Crippen LogP) is 4.57. The van der Waals surface area contributed by atoms with E-state index in [0.29, 0.717) is 16.4 Å². The van der Waals surface area contributed by atoms with E-state index in [2.05, 4.69) is 18.3 Å². The summed E-state index contributed by atoms with van der Waals surface area (Å²) in [5, 5.41) is 4.04. The van der Waals surface area contributed by atoms with Crippen molar-refractivity contribution >= 4 is 50.5 Å². The molecular formula is C21H19ClN2O2S. The van der Waals surface area contributed by atoms with Crippen molar-refractivity contribution in [1.29, 1.82) is 0 Å². The van der Waals surface area contributed by atoms with Gasteiger partial charge in [0.05, 0.1) is 11.6 Å². The molecule has 1 aliphatic rings. The molecule has 0 radical (unpaired) electrons. The van der Waals surface area contributed by atoms with Crippen molar-refractivity contribution in [3.8, 4) is 0 Å². The highest BCUT2D eigenvalue weighted by Crippen LogP contribution is 2.35. The third-order valence-corrected chi connectivity index (χ3v) is 6.47. The lowest BCUT2D eigenvalue weighted by Crippen LogP contribution is -2.42. The van der Waals surface area contributed by atoms with Crippen molar-refractivity contribution < 1.29 is 9.59 Å². The summed E-state index contributed by atoms with van der Waals surface area (Å²) in [6.45, 7) is 2.68. The first-order valence-electron chi connectivity index (χ1n) is 8.89. The van der Waals surface area contributed by atoms with Crippen LogP contribution in [0.1, 0.15) is 27.2 Å². The van der Waals surface area contributed by atoms with E-state index in [0.717, 1.165) is 28.6 Å². The van der Waals surface area contributed by atoms with Crippen molar-refractivity contribution in [3.63, 3.8) is 0 Å². The largest absolute Gasteiger partial charge is 0.342 e. The second kappa shape index (κ2) is 7.33. The van der Waals surface area contributed by atoms with Gasteiger partial charge >= 0.3 is 0 Å². The highest BCUT2D eigenvalue weighted by Gasteiger charge is 2.24. The summed E-state index contributed by atoms with van der Waals surface area (Å²) in [7, 11) is 0. The number of aryl methyl sites for hydroxylation is 2. The number of anilines is 1. The van der Waals surface area contributed by atoms with Crippen molar-refractivity contribution in [3.05, 3.63) is 63.5 Å². The van der Waals surface area contributed by atoms with Gasteiger partial charge in [0.2, 0.25) is 5.91 Å². The number of nitrogens with one attached hydrogen (secondary N) is 1. The fourth-order valence-electron chi connectivity index (χ4n) is 3.48. The summed E-state index contributed by atoms with van der Waals surface area (Å²) in [5.41, 5.74) is 3.33. The molecule has 1 N–H and O–H groups in total. The molecule has 3 aromatic rings. The summed E-state index contributed by atoms with van der Waals surface area (Å²) in [5.74, 6) is -0.416. The molecule has 2 heterocycles. The smallest absolute Gasteiger partial charge is 0.263 e. The minimum atomic E-state index is -0.310. The second-order valence-electron chi connectivity index (χ2n) is 6.71. The zero-order valence-electron chi connectivity index (χ0n) is 14.9. The van der Waals surface area contributed by atoms with Crippen LogP contribution in [0.25, 0.3) is 10.1 Å². The lowest BCUT2D eigenvalue weighted by molar-refractivity contribution is -0.117. The molecule has 138 valence electrons. The number of hydrogen-bond acceptors (Lipinski definition) is 3. The Bertz CT molecular complexity index is 1040. The lowest BCUT2D eigenvalue weighted by Gasteiger charge is -2.30. The Kier molecular flexibility index (Phi) is 4.89. The molecule has 0 bridgehead atoms. The van der Waals surface area contributed by atoms with Crippen LogP contribution in [0.5, 0.6) is 0 Å². The number of hydrogen-bond donors (Lipinski definition) is 1. The average Bonchev–Trinajstić information content (AvgIpc) is 3.02. The SMILES string of the molecule is Cc1ccc2c(c1)CCCN2C(=O)CNC(=O)c1sc2ccccc2c1Cl. The van der Waals surface area contributed by atoms with E-state index in [4.69, 9.17) is 11.6 Å². The van der Waals surface area contributed by atoms with Crippen molar-refractivity contribution in [1.82, 2.24) is 5.32 Å². The van der Waals surface area contributed by atoms with Crippen molar-refractivity contribution in [2.24, 2.45) is 0 Å². The van der Waals surface area contributed by atoms with Gasteiger partial charge in [-0.2, -0.15) is 0 Å². The summed E-state index contributed by atoms with van der Waals surface area (Å²) in [6.07, 6.45) is 1.91. The first-order chi connectivity index (χ1) is 13.0. The van der Waals surface area contributed by atoms with E-state index in [9.17, 15) is 9.59 Å². The van der Waals surface area contributed by atoms with Crippen LogP contribution in [0.2, 0.25) is 5.02 Å². The predicted molar refractivity (Wildman–Crippen MR) is 111 cm³/mol. The molecule has 4 nitrogen and oxygen atoms in total. The minimum Gasteiger partial charge on any atom is -0.342 e. The second-order valence-corrected chi connectivity index (χ2v) is 8.14. The number of carbonyl (C=O) groups is 2. The van der Waals surface area contributed by atoms with Gasteiger partial charge in [0.25, 0.3) is 5.91 Å². The molecule has 2 amide bonds. The monoisotopic (exact) mass is 398 g/mol. The van der Waals surface area contributed by atoms with E-state index in [1.807, 2.05) is 36.4 Å². The van der Waals surface area contributed by atoms with E-state index in [1.54, 1.807) is 4.90 Å². The summed E-state index contributed by atoms with van der Waals surface area (Å²) < 4.78 is 0.958. The maximum absolute atomic E-state index is 12.7. The van der Waals surface area contributed by atoms with Gasteiger partial charge in [-0.3, -0.25) is 9.59 Å². The quantitative estimate of drug-likeness (QED) is 0.702.